The Hall–Kier alpha value is 0.918. The normalized spacial score (nSPS) is 28.4. The molecule has 0 aromatic carbocycles. The van der Waals surface area contributed by atoms with E-state index in [1.54, 1.807) is 0 Å². The summed E-state index contributed by atoms with van der Waals surface area (Å²) in [7, 11) is -6.53. The molecule has 2 fully saturated rings. The van der Waals surface area contributed by atoms with Crippen molar-refractivity contribution in [2.45, 2.75) is 128 Å². The average molecular weight is 642 g/mol. The number of hydrogen-bond acceptors (Lipinski definition) is 7. The molecule has 3 unspecified atom stereocenters. The van der Waals surface area contributed by atoms with Crippen molar-refractivity contribution in [3.05, 3.63) is 0 Å². The first-order chi connectivity index (χ1) is 17.0. The second-order valence-electron chi connectivity index (χ2n) is 13.2. The van der Waals surface area contributed by atoms with Crippen LogP contribution in [0.25, 0.3) is 0 Å². The van der Waals surface area contributed by atoms with E-state index in [0.717, 1.165) is 66.8 Å². The predicted octanol–water partition coefficient (Wildman–Crippen LogP) is 6.41. The highest BCUT2D eigenvalue weighted by molar-refractivity contribution is 8.34. The third kappa shape index (κ3) is 12.5. The molecule has 0 spiro atoms. The third-order valence-corrected chi connectivity index (χ3v) is 23.1. The number of carbonyl (C=O) groups is 1. The van der Waals surface area contributed by atoms with E-state index in [1.807, 2.05) is 13.5 Å². The van der Waals surface area contributed by atoms with Gasteiger partial charge in [0.25, 0.3) is 0 Å². The highest BCUT2D eigenvalue weighted by Gasteiger charge is 2.43. The number of esters is 1. The smallest absolute Gasteiger partial charge is 0.360 e. The van der Waals surface area contributed by atoms with Gasteiger partial charge < -0.3 is 22.0 Å². The van der Waals surface area contributed by atoms with Crippen molar-refractivity contribution in [3.8, 4) is 0 Å². The molecule has 3 atom stereocenters. The Balaban J connectivity index is 1.86. The summed E-state index contributed by atoms with van der Waals surface area (Å²) in [4.78, 5) is 25.2. The van der Waals surface area contributed by atoms with Gasteiger partial charge in [0.1, 0.15) is 28.2 Å². The molecular weight excluding hydrogens is 592 g/mol. The molecule has 0 aliphatic heterocycles. The zero-order valence-electron chi connectivity index (χ0n) is 24.5. The van der Waals surface area contributed by atoms with Gasteiger partial charge in [-0.25, -0.2) is 0 Å². The van der Waals surface area contributed by atoms with Gasteiger partial charge >= 0.3 is 23.8 Å². The largest absolute Gasteiger partial charge is 0.619 e. The minimum absolute atomic E-state index is 0.0152. The van der Waals surface area contributed by atoms with Crippen molar-refractivity contribution in [1.82, 2.24) is 0 Å². The van der Waals surface area contributed by atoms with Crippen LogP contribution in [-0.4, -0.2) is 52.2 Å². The Morgan fingerprint density at radius 3 is 1.92 bits per heavy atom. The van der Waals surface area contributed by atoms with Gasteiger partial charge in [0, 0.05) is 17.2 Å². The lowest BCUT2D eigenvalue weighted by Gasteiger charge is -2.38. The van der Waals surface area contributed by atoms with Crippen molar-refractivity contribution in [3.63, 3.8) is 0 Å². The molecule has 0 bridgehead atoms. The van der Waals surface area contributed by atoms with Crippen LogP contribution in [0.3, 0.4) is 0 Å². The zero-order chi connectivity index (χ0) is 28.0. The lowest BCUT2D eigenvalue weighted by atomic mass is 9.73. The SMILES string of the molecule is CC(C[Si](C)(O[Si](C)O[Si](C)(C)C)O[Si](C)(C)C)C(=O)OC1CCC(C2CCC([P+]([O-])=S=S)CC2)CC1. The minimum atomic E-state index is -2.62. The van der Waals surface area contributed by atoms with Gasteiger partial charge in [0.05, 0.1) is 5.92 Å². The maximum atomic E-state index is 13.1. The van der Waals surface area contributed by atoms with E-state index in [9.17, 15) is 9.69 Å². The summed E-state index contributed by atoms with van der Waals surface area (Å²) in [6.45, 7) is 17.9. The highest BCUT2D eigenvalue weighted by atomic mass is 32.9. The van der Waals surface area contributed by atoms with Gasteiger partial charge in [-0.15, -0.1) is 0 Å². The molecule has 0 heterocycles. The van der Waals surface area contributed by atoms with Gasteiger partial charge in [0.2, 0.25) is 0 Å². The Labute approximate surface area is 240 Å². The second kappa shape index (κ2) is 14.7. The van der Waals surface area contributed by atoms with E-state index in [2.05, 4.69) is 45.8 Å². The van der Waals surface area contributed by atoms with E-state index < -0.39 is 41.4 Å². The average Bonchev–Trinajstić information content (AvgIpc) is 2.76. The molecule has 2 aliphatic rings. The van der Waals surface area contributed by atoms with E-state index >= 15 is 0 Å². The van der Waals surface area contributed by atoms with Crippen LogP contribution >= 0.6 is 6.92 Å². The van der Waals surface area contributed by atoms with E-state index in [0.29, 0.717) is 17.6 Å². The van der Waals surface area contributed by atoms with Gasteiger partial charge in [-0.3, -0.25) is 4.79 Å². The van der Waals surface area contributed by atoms with Crippen molar-refractivity contribution in [2.24, 2.45) is 17.8 Å². The van der Waals surface area contributed by atoms with Gasteiger partial charge in [-0.2, -0.15) is 0 Å². The van der Waals surface area contributed by atoms with E-state index in [1.165, 1.54) is 0 Å². The molecule has 13 heteroatoms. The summed E-state index contributed by atoms with van der Waals surface area (Å²) in [5.74, 6) is 1.04. The molecule has 2 saturated carbocycles. The maximum absolute atomic E-state index is 13.1. The molecule has 0 amide bonds. The van der Waals surface area contributed by atoms with Crippen LogP contribution in [0.5, 0.6) is 0 Å². The van der Waals surface area contributed by atoms with Crippen LogP contribution in [-0.2, 0) is 42.6 Å². The molecular formula is C24H50O6PS2Si4. The standard InChI is InChI=1S/C24H50O6PS2Si4/c1-19(18-37(9,30-36(6,7)8)29-34(2)28-35(3,4)5)24(25)27-22-14-10-20(11-15-22)21-12-16-23(17-13-21)31(26)33-32/h19-23H,10-18H2,1-9H3. The van der Waals surface area contributed by atoms with Crippen LogP contribution in [0.15, 0.2) is 0 Å². The fourth-order valence-electron chi connectivity index (χ4n) is 5.95. The van der Waals surface area contributed by atoms with Gasteiger partial charge in [-0.1, -0.05) is 6.92 Å². The fourth-order valence-corrected chi connectivity index (χ4v) is 23.0. The third-order valence-electron chi connectivity index (χ3n) is 7.19. The summed E-state index contributed by atoms with van der Waals surface area (Å²) in [6.07, 6.45) is 8.56. The second-order valence-corrected chi connectivity index (χ2v) is 32.0. The Kier molecular flexibility index (Phi) is 13.6. The molecule has 6 nitrogen and oxygen atoms in total. The minimum Gasteiger partial charge on any atom is -0.619 e. The van der Waals surface area contributed by atoms with E-state index in [4.69, 9.17) is 28.3 Å². The molecule has 2 rings (SSSR count). The summed E-state index contributed by atoms with van der Waals surface area (Å²) >= 11 is 4.94. The van der Waals surface area contributed by atoms with E-state index in [-0.39, 0.29) is 18.0 Å². The van der Waals surface area contributed by atoms with Crippen molar-refractivity contribution in [1.29, 1.82) is 0 Å². The number of rotatable bonds is 12. The van der Waals surface area contributed by atoms with Crippen LogP contribution in [0.4, 0.5) is 0 Å². The summed E-state index contributed by atoms with van der Waals surface area (Å²) in [5, 5.41) is 0. The zero-order valence-corrected chi connectivity index (χ0v) is 31.0. The topological polar surface area (TPSA) is 77.1 Å². The molecule has 0 saturated heterocycles. The Morgan fingerprint density at radius 2 is 1.46 bits per heavy atom. The molecule has 37 heavy (non-hydrogen) atoms. The Bertz CT molecular complexity index is 804. The van der Waals surface area contributed by atoms with Crippen LogP contribution < -0.4 is 4.89 Å². The lowest BCUT2D eigenvalue weighted by molar-refractivity contribution is -0.155. The fraction of sp³-hybridized carbons (Fsp3) is 0.958. The van der Waals surface area contributed by atoms with Crippen LogP contribution in [0, 0.1) is 17.8 Å². The first-order valence-corrected chi connectivity index (χ1v) is 28.7. The monoisotopic (exact) mass is 641 g/mol. The number of carbonyl (C=O) groups excluding carboxylic acids is 1. The summed E-state index contributed by atoms with van der Waals surface area (Å²) < 4.78 is 25.4. The lowest BCUT2D eigenvalue weighted by Crippen LogP contribution is -2.53. The predicted molar refractivity (Wildman–Crippen MR) is 166 cm³/mol. The quantitative estimate of drug-likeness (QED) is 0.138. The van der Waals surface area contributed by atoms with Crippen LogP contribution in [0.1, 0.15) is 58.3 Å². The van der Waals surface area contributed by atoms with Crippen molar-refractivity contribution >= 4 is 68.1 Å². The molecule has 1 radical (unpaired) electrons. The molecule has 215 valence electrons. The Morgan fingerprint density at radius 1 is 0.946 bits per heavy atom. The first kappa shape index (κ1) is 34.1. The first-order valence-electron chi connectivity index (χ1n) is 13.9. The maximum Gasteiger partial charge on any atom is 0.360 e. The van der Waals surface area contributed by atoms with Gasteiger partial charge in [0.15, 0.2) is 16.6 Å². The molecule has 2 aliphatic carbocycles. The molecule has 0 aromatic heterocycles. The van der Waals surface area contributed by atoms with Crippen molar-refractivity contribution < 1.29 is 26.8 Å². The summed E-state index contributed by atoms with van der Waals surface area (Å²) in [6, 6.07) is 0.594. The van der Waals surface area contributed by atoms with Crippen LogP contribution in [0.2, 0.25) is 58.4 Å². The summed E-state index contributed by atoms with van der Waals surface area (Å²) in [5.41, 5.74) is 0.308. The van der Waals surface area contributed by atoms with Gasteiger partial charge in [-0.05, 0) is 116 Å². The molecule has 0 N–H and O–H groups in total. The van der Waals surface area contributed by atoms with Crippen molar-refractivity contribution in [2.75, 3.05) is 0 Å². The number of ether oxygens (including phenoxy) is 1. The highest BCUT2D eigenvalue weighted by Crippen LogP contribution is 2.43. The number of hydrogen-bond donors (Lipinski definition) is 0. The molecule has 0 aromatic rings.